The number of aromatic nitrogens is 1. The molecule has 0 spiro atoms. The summed E-state index contributed by atoms with van der Waals surface area (Å²) in [5.41, 5.74) is 2.23. The van der Waals surface area contributed by atoms with Crippen LogP contribution in [-0.4, -0.2) is 24.2 Å². The molecule has 1 fully saturated rings. The number of piperidine rings is 1. The summed E-state index contributed by atoms with van der Waals surface area (Å²) in [6.07, 6.45) is 3.55. The zero-order valence-electron chi connectivity index (χ0n) is 9.12. The Hall–Kier alpha value is -1.12. The lowest BCUT2D eigenvalue weighted by Gasteiger charge is -2.30. The van der Waals surface area contributed by atoms with Crippen LogP contribution in [0.2, 0.25) is 0 Å². The third kappa shape index (κ3) is 2.46. The minimum Gasteiger partial charge on any atom is -0.370 e. The van der Waals surface area contributed by atoms with Crippen molar-refractivity contribution >= 4 is 5.69 Å². The fraction of sp³-hybridized carbons (Fsp3) is 0.583. The monoisotopic (exact) mass is 208 g/mol. The molecule has 1 aliphatic rings. The first kappa shape index (κ1) is 10.4. The maximum Gasteiger partial charge on any atom is 0.103 e. The van der Waals surface area contributed by atoms with Crippen molar-refractivity contribution in [2.45, 2.75) is 32.4 Å². The van der Waals surface area contributed by atoms with Gasteiger partial charge in [-0.15, -0.1) is 0 Å². The third-order valence-electron chi connectivity index (χ3n) is 2.96. The van der Waals surface area contributed by atoms with Gasteiger partial charge < -0.3 is 4.90 Å². The minimum absolute atomic E-state index is 0.607. The lowest BCUT2D eigenvalue weighted by molar-refractivity contribution is 0.277. The van der Waals surface area contributed by atoms with E-state index in [-0.39, 0.29) is 0 Å². The maximum absolute atomic E-state index is 12.9. The van der Waals surface area contributed by atoms with Crippen molar-refractivity contribution in [2.24, 2.45) is 0 Å². The first-order chi connectivity index (χ1) is 7.29. The number of hydrogen-bond donors (Lipinski definition) is 0. The quantitative estimate of drug-likeness (QED) is 0.742. The van der Waals surface area contributed by atoms with Crippen LogP contribution in [-0.2, 0) is 6.42 Å². The molecular weight excluding hydrogens is 191 g/mol. The molecule has 82 valence electrons. The van der Waals surface area contributed by atoms with Gasteiger partial charge >= 0.3 is 0 Å². The number of pyridine rings is 1. The number of nitrogens with zero attached hydrogens (tertiary/aromatic N) is 2. The van der Waals surface area contributed by atoms with Crippen LogP contribution < -0.4 is 4.90 Å². The third-order valence-corrected chi connectivity index (χ3v) is 2.96. The Morgan fingerprint density at radius 1 is 1.40 bits per heavy atom. The van der Waals surface area contributed by atoms with Crippen molar-refractivity contribution in [1.82, 2.24) is 4.98 Å². The number of aryl methyl sites for hydroxylation is 1. The van der Waals surface area contributed by atoms with E-state index >= 15 is 0 Å². The second-order valence-corrected chi connectivity index (χ2v) is 4.02. The number of anilines is 1. The van der Waals surface area contributed by atoms with Gasteiger partial charge in [0, 0.05) is 18.8 Å². The molecule has 0 radical (unpaired) electrons. The van der Waals surface area contributed by atoms with Gasteiger partial charge in [-0.2, -0.15) is 0 Å². The Balaban J connectivity index is 2.03. The molecule has 0 saturated carbocycles. The highest BCUT2D eigenvalue weighted by Gasteiger charge is 2.18. The number of alkyl halides is 1. The van der Waals surface area contributed by atoms with E-state index in [1.165, 1.54) is 0 Å². The molecule has 3 heteroatoms. The molecule has 2 rings (SSSR count). The van der Waals surface area contributed by atoms with E-state index in [0.717, 1.165) is 30.9 Å². The highest BCUT2D eigenvalue weighted by atomic mass is 19.1. The second-order valence-electron chi connectivity index (χ2n) is 4.02. The van der Waals surface area contributed by atoms with Gasteiger partial charge in [-0.3, -0.25) is 4.98 Å². The predicted octanol–water partition coefficient (Wildman–Crippen LogP) is 2.58. The smallest absolute Gasteiger partial charge is 0.103 e. The normalized spacial score (nSPS) is 18.1. The average Bonchev–Trinajstić information content (AvgIpc) is 2.30. The Bertz CT molecular complexity index is 302. The van der Waals surface area contributed by atoms with Crippen LogP contribution in [0.5, 0.6) is 0 Å². The summed E-state index contributed by atoms with van der Waals surface area (Å²) in [5, 5.41) is 0. The van der Waals surface area contributed by atoms with Gasteiger partial charge in [-0.05, 0) is 31.4 Å². The summed E-state index contributed by atoms with van der Waals surface area (Å²) in [6, 6.07) is 4.14. The molecule has 15 heavy (non-hydrogen) atoms. The Morgan fingerprint density at radius 2 is 2.13 bits per heavy atom. The van der Waals surface area contributed by atoms with Crippen LogP contribution in [0, 0.1) is 0 Å². The van der Waals surface area contributed by atoms with E-state index in [1.54, 1.807) is 0 Å². The van der Waals surface area contributed by atoms with E-state index in [4.69, 9.17) is 0 Å². The van der Waals surface area contributed by atoms with Crippen LogP contribution in [0.1, 0.15) is 25.5 Å². The van der Waals surface area contributed by atoms with Crippen LogP contribution in [0.4, 0.5) is 10.1 Å². The predicted molar refractivity (Wildman–Crippen MR) is 60.0 cm³/mol. The van der Waals surface area contributed by atoms with Crippen LogP contribution in [0.3, 0.4) is 0 Å². The molecule has 1 aromatic heterocycles. The van der Waals surface area contributed by atoms with Crippen molar-refractivity contribution in [2.75, 3.05) is 18.0 Å². The molecule has 0 N–H and O–H groups in total. The van der Waals surface area contributed by atoms with E-state index in [2.05, 4.69) is 28.9 Å². The fourth-order valence-electron chi connectivity index (χ4n) is 1.92. The van der Waals surface area contributed by atoms with Gasteiger partial charge in [-0.1, -0.05) is 6.92 Å². The van der Waals surface area contributed by atoms with E-state index in [0.29, 0.717) is 12.8 Å². The minimum atomic E-state index is -0.607. The van der Waals surface area contributed by atoms with Gasteiger partial charge in [0.1, 0.15) is 6.17 Å². The van der Waals surface area contributed by atoms with Gasteiger partial charge in [0.2, 0.25) is 0 Å². The second kappa shape index (κ2) is 4.60. The molecule has 0 aromatic carbocycles. The standard InChI is InChI=1S/C12H17FN2/c1-2-11-3-4-12(9-14-11)15-7-5-10(13)6-8-15/h3-4,9-10H,2,5-8H2,1H3. The van der Waals surface area contributed by atoms with Crippen molar-refractivity contribution in [3.05, 3.63) is 24.0 Å². The largest absolute Gasteiger partial charge is 0.370 e. The lowest BCUT2D eigenvalue weighted by atomic mass is 10.1. The highest BCUT2D eigenvalue weighted by molar-refractivity contribution is 5.44. The van der Waals surface area contributed by atoms with Gasteiger partial charge in [0.15, 0.2) is 0 Å². The molecule has 1 aliphatic heterocycles. The van der Waals surface area contributed by atoms with Crippen molar-refractivity contribution in [3.8, 4) is 0 Å². The zero-order chi connectivity index (χ0) is 10.7. The Labute approximate surface area is 90.1 Å². The molecule has 1 saturated heterocycles. The van der Waals surface area contributed by atoms with Crippen molar-refractivity contribution < 1.29 is 4.39 Å². The maximum atomic E-state index is 12.9. The SMILES string of the molecule is CCc1ccc(N2CCC(F)CC2)cn1. The summed E-state index contributed by atoms with van der Waals surface area (Å²) < 4.78 is 12.9. The van der Waals surface area contributed by atoms with E-state index in [1.807, 2.05) is 6.20 Å². The summed E-state index contributed by atoms with van der Waals surface area (Å²) in [6.45, 7) is 3.72. The van der Waals surface area contributed by atoms with Gasteiger partial charge in [-0.25, -0.2) is 4.39 Å². The van der Waals surface area contributed by atoms with Crippen molar-refractivity contribution in [1.29, 1.82) is 0 Å². The van der Waals surface area contributed by atoms with E-state index in [9.17, 15) is 4.39 Å². The Kier molecular flexibility index (Phi) is 3.19. The Morgan fingerprint density at radius 3 is 2.67 bits per heavy atom. The topological polar surface area (TPSA) is 16.1 Å². The first-order valence-corrected chi connectivity index (χ1v) is 5.63. The molecule has 2 nitrogen and oxygen atoms in total. The highest BCUT2D eigenvalue weighted by Crippen LogP contribution is 2.20. The van der Waals surface area contributed by atoms with Gasteiger partial charge in [0.25, 0.3) is 0 Å². The lowest BCUT2D eigenvalue weighted by Crippen LogP contribution is -2.34. The molecule has 2 heterocycles. The van der Waals surface area contributed by atoms with Gasteiger partial charge in [0.05, 0.1) is 11.9 Å². The zero-order valence-corrected chi connectivity index (χ0v) is 9.12. The molecule has 0 aliphatic carbocycles. The van der Waals surface area contributed by atoms with E-state index < -0.39 is 6.17 Å². The fourth-order valence-corrected chi connectivity index (χ4v) is 1.92. The number of rotatable bonds is 2. The van der Waals surface area contributed by atoms with Crippen LogP contribution in [0.15, 0.2) is 18.3 Å². The van der Waals surface area contributed by atoms with Crippen LogP contribution in [0.25, 0.3) is 0 Å². The number of hydrogen-bond acceptors (Lipinski definition) is 2. The summed E-state index contributed by atoms with van der Waals surface area (Å²) in [7, 11) is 0. The summed E-state index contributed by atoms with van der Waals surface area (Å²) in [4.78, 5) is 6.57. The van der Waals surface area contributed by atoms with Crippen LogP contribution >= 0.6 is 0 Å². The first-order valence-electron chi connectivity index (χ1n) is 5.63. The molecule has 1 aromatic rings. The average molecular weight is 208 g/mol. The van der Waals surface area contributed by atoms with Crippen molar-refractivity contribution in [3.63, 3.8) is 0 Å². The molecule has 0 bridgehead atoms. The molecule has 0 atom stereocenters. The molecular formula is C12H17FN2. The summed E-state index contributed by atoms with van der Waals surface area (Å²) >= 11 is 0. The molecule has 0 unspecified atom stereocenters. The molecule has 0 amide bonds. The summed E-state index contributed by atoms with van der Waals surface area (Å²) in [5.74, 6) is 0. The number of halogens is 1.